The van der Waals surface area contributed by atoms with Crippen LogP contribution in [0.1, 0.15) is 62.4 Å². The molecule has 0 aliphatic carbocycles. The van der Waals surface area contributed by atoms with E-state index in [-0.39, 0.29) is 0 Å². The number of aromatic nitrogens is 2. The summed E-state index contributed by atoms with van der Waals surface area (Å²) in [7, 11) is 0. The van der Waals surface area contributed by atoms with Crippen LogP contribution < -0.4 is 5.32 Å². The lowest BCUT2D eigenvalue weighted by atomic mass is 10.1. The molecule has 0 radical (unpaired) electrons. The van der Waals surface area contributed by atoms with Crippen molar-refractivity contribution < 1.29 is 0 Å². The molecule has 0 bridgehead atoms. The summed E-state index contributed by atoms with van der Waals surface area (Å²) in [5, 5.41) is 14.5. The molecular formula is C13H25N3S. The monoisotopic (exact) mass is 255 g/mol. The van der Waals surface area contributed by atoms with E-state index in [9.17, 15) is 0 Å². The Balaban J connectivity index is 2.30. The van der Waals surface area contributed by atoms with E-state index < -0.39 is 0 Å². The molecule has 0 spiro atoms. The van der Waals surface area contributed by atoms with E-state index >= 15 is 0 Å². The van der Waals surface area contributed by atoms with Gasteiger partial charge in [0.15, 0.2) is 0 Å². The van der Waals surface area contributed by atoms with Gasteiger partial charge in [-0.2, -0.15) is 0 Å². The van der Waals surface area contributed by atoms with E-state index in [1.807, 2.05) is 0 Å². The SMILES string of the molecule is CCCNCCCc1nnc(C(CC)CC)s1. The van der Waals surface area contributed by atoms with Crippen molar-refractivity contribution >= 4 is 11.3 Å². The summed E-state index contributed by atoms with van der Waals surface area (Å²) in [6.07, 6.45) is 5.77. The molecular weight excluding hydrogens is 230 g/mol. The second kappa shape index (κ2) is 8.59. The molecule has 0 saturated carbocycles. The summed E-state index contributed by atoms with van der Waals surface area (Å²) in [5.74, 6) is 0.611. The van der Waals surface area contributed by atoms with Crippen LogP contribution >= 0.6 is 11.3 Å². The molecule has 1 aromatic rings. The molecule has 0 atom stereocenters. The van der Waals surface area contributed by atoms with E-state index in [4.69, 9.17) is 0 Å². The van der Waals surface area contributed by atoms with Gasteiger partial charge in [-0.3, -0.25) is 0 Å². The van der Waals surface area contributed by atoms with Crippen molar-refractivity contribution in [2.24, 2.45) is 0 Å². The standard InChI is InChI=1S/C13H25N3S/c1-4-9-14-10-7-8-12-15-16-13(17-12)11(5-2)6-3/h11,14H,4-10H2,1-3H3. The normalized spacial score (nSPS) is 11.3. The second-order valence-electron chi connectivity index (χ2n) is 4.40. The molecule has 1 heterocycles. The van der Waals surface area contributed by atoms with Gasteiger partial charge in [0.1, 0.15) is 10.0 Å². The number of hydrogen-bond donors (Lipinski definition) is 1. The Hall–Kier alpha value is -0.480. The molecule has 0 aromatic carbocycles. The van der Waals surface area contributed by atoms with Gasteiger partial charge >= 0.3 is 0 Å². The van der Waals surface area contributed by atoms with Crippen LogP contribution in [0.4, 0.5) is 0 Å². The predicted octanol–water partition coefficient (Wildman–Crippen LogP) is 3.37. The highest BCUT2D eigenvalue weighted by Crippen LogP contribution is 2.26. The molecule has 0 amide bonds. The number of nitrogens with one attached hydrogen (secondary N) is 1. The van der Waals surface area contributed by atoms with Crippen molar-refractivity contribution in [1.82, 2.24) is 15.5 Å². The maximum Gasteiger partial charge on any atom is 0.120 e. The molecule has 3 nitrogen and oxygen atoms in total. The number of rotatable bonds is 9. The Morgan fingerprint density at radius 3 is 2.53 bits per heavy atom. The third-order valence-electron chi connectivity index (χ3n) is 2.99. The van der Waals surface area contributed by atoms with Crippen LogP contribution in [0.15, 0.2) is 0 Å². The molecule has 0 unspecified atom stereocenters. The fourth-order valence-electron chi connectivity index (χ4n) is 1.84. The Bertz CT molecular complexity index is 295. The number of aryl methyl sites for hydroxylation is 1. The summed E-state index contributed by atoms with van der Waals surface area (Å²) in [4.78, 5) is 0. The largest absolute Gasteiger partial charge is 0.317 e. The molecule has 0 saturated heterocycles. The van der Waals surface area contributed by atoms with E-state index in [0.717, 1.165) is 25.9 Å². The first-order chi connectivity index (χ1) is 8.31. The van der Waals surface area contributed by atoms with Gasteiger partial charge in [-0.05, 0) is 38.8 Å². The average molecular weight is 255 g/mol. The molecule has 4 heteroatoms. The van der Waals surface area contributed by atoms with Gasteiger partial charge in [0, 0.05) is 12.3 Å². The predicted molar refractivity (Wildman–Crippen MR) is 74.7 cm³/mol. The minimum absolute atomic E-state index is 0.611. The third kappa shape index (κ3) is 5.13. The topological polar surface area (TPSA) is 37.8 Å². The van der Waals surface area contributed by atoms with Crippen LogP contribution in [0.3, 0.4) is 0 Å². The van der Waals surface area contributed by atoms with E-state index in [1.165, 1.54) is 29.3 Å². The quantitative estimate of drug-likeness (QED) is 0.687. The molecule has 0 aliphatic heterocycles. The first-order valence-electron chi connectivity index (χ1n) is 6.84. The number of hydrogen-bond acceptors (Lipinski definition) is 4. The van der Waals surface area contributed by atoms with Gasteiger partial charge in [0.05, 0.1) is 0 Å². The zero-order chi connectivity index (χ0) is 12.5. The van der Waals surface area contributed by atoms with Crippen LogP contribution in [0.5, 0.6) is 0 Å². The fourth-order valence-corrected chi connectivity index (χ4v) is 2.99. The molecule has 1 N–H and O–H groups in total. The van der Waals surface area contributed by atoms with Gasteiger partial charge in [0.2, 0.25) is 0 Å². The van der Waals surface area contributed by atoms with Gasteiger partial charge in [-0.1, -0.05) is 20.8 Å². The Kier molecular flexibility index (Phi) is 7.37. The van der Waals surface area contributed by atoms with Gasteiger partial charge in [0.25, 0.3) is 0 Å². The second-order valence-corrected chi connectivity index (χ2v) is 5.49. The zero-order valence-electron chi connectivity index (χ0n) is 11.3. The highest BCUT2D eigenvalue weighted by atomic mass is 32.1. The third-order valence-corrected chi connectivity index (χ3v) is 4.13. The highest BCUT2D eigenvalue weighted by molar-refractivity contribution is 7.11. The lowest BCUT2D eigenvalue weighted by Crippen LogP contribution is -2.16. The summed E-state index contributed by atoms with van der Waals surface area (Å²) < 4.78 is 0. The Labute approximate surface area is 109 Å². The summed E-state index contributed by atoms with van der Waals surface area (Å²) in [6.45, 7) is 8.86. The van der Waals surface area contributed by atoms with Gasteiger partial charge in [-0.15, -0.1) is 21.5 Å². The Morgan fingerprint density at radius 1 is 1.12 bits per heavy atom. The maximum absolute atomic E-state index is 4.32. The zero-order valence-corrected chi connectivity index (χ0v) is 12.1. The van der Waals surface area contributed by atoms with E-state index in [2.05, 4.69) is 36.3 Å². The smallest absolute Gasteiger partial charge is 0.120 e. The minimum atomic E-state index is 0.611. The van der Waals surface area contributed by atoms with Crippen LogP contribution in [0.2, 0.25) is 0 Å². The van der Waals surface area contributed by atoms with Crippen LogP contribution in [-0.2, 0) is 6.42 Å². The van der Waals surface area contributed by atoms with Crippen molar-refractivity contribution in [2.45, 2.75) is 58.8 Å². The van der Waals surface area contributed by atoms with Crippen LogP contribution in [0.25, 0.3) is 0 Å². The molecule has 0 fully saturated rings. The lowest BCUT2D eigenvalue weighted by molar-refractivity contribution is 0.626. The van der Waals surface area contributed by atoms with Gasteiger partial charge < -0.3 is 5.32 Å². The highest BCUT2D eigenvalue weighted by Gasteiger charge is 2.12. The van der Waals surface area contributed by atoms with Crippen LogP contribution in [-0.4, -0.2) is 23.3 Å². The van der Waals surface area contributed by atoms with Crippen molar-refractivity contribution in [3.05, 3.63) is 10.0 Å². The van der Waals surface area contributed by atoms with Crippen LogP contribution in [0, 0.1) is 0 Å². The average Bonchev–Trinajstić information content (AvgIpc) is 2.79. The molecule has 1 rings (SSSR count). The summed E-state index contributed by atoms with van der Waals surface area (Å²) >= 11 is 1.80. The molecule has 0 aliphatic rings. The van der Waals surface area contributed by atoms with E-state index in [1.54, 1.807) is 11.3 Å². The lowest BCUT2D eigenvalue weighted by Gasteiger charge is -2.05. The molecule has 98 valence electrons. The van der Waals surface area contributed by atoms with Crippen molar-refractivity contribution in [3.63, 3.8) is 0 Å². The minimum Gasteiger partial charge on any atom is -0.317 e. The first-order valence-corrected chi connectivity index (χ1v) is 7.66. The maximum atomic E-state index is 4.32. The molecule has 1 aromatic heterocycles. The number of nitrogens with zero attached hydrogens (tertiary/aromatic N) is 2. The first kappa shape index (κ1) is 14.6. The fraction of sp³-hybridized carbons (Fsp3) is 0.846. The summed E-state index contributed by atoms with van der Waals surface area (Å²) in [6, 6.07) is 0. The van der Waals surface area contributed by atoms with E-state index in [0.29, 0.717) is 5.92 Å². The van der Waals surface area contributed by atoms with Crippen molar-refractivity contribution in [1.29, 1.82) is 0 Å². The molecule has 17 heavy (non-hydrogen) atoms. The summed E-state index contributed by atoms with van der Waals surface area (Å²) in [5.41, 5.74) is 0. The Morgan fingerprint density at radius 2 is 1.88 bits per heavy atom. The van der Waals surface area contributed by atoms with Crippen molar-refractivity contribution in [3.8, 4) is 0 Å². The van der Waals surface area contributed by atoms with Gasteiger partial charge in [-0.25, -0.2) is 0 Å². The van der Waals surface area contributed by atoms with Crippen molar-refractivity contribution in [2.75, 3.05) is 13.1 Å².